The summed E-state index contributed by atoms with van der Waals surface area (Å²) < 4.78 is 48.7. The quantitative estimate of drug-likeness (QED) is 0.820. The predicted octanol–water partition coefficient (Wildman–Crippen LogP) is 3.82. The van der Waals surface area contributed by atoms with Crippen molar-refractivity contribution < 1.29 is 27.4 Å². The molecule has 3 rings (SSSR count). The third kappa shape index (κ3) is 4.39. The maximum absolute atomic E-state index is 12.7. The summed E-state index contributed by atoms with van der Waals surface area (Å²) in [5.41, 5.74) is -0.0963. The summed E-state index contributed by atoms with van der Waals surface area (Å²) in [6.07, 6.45) is -4.51. The van der Waals surface area contributed by atoms with Gasteiger partial charge in [0, 0.05) is 6.54 Å². The second-order valence-electron chi connectivity index (χ2n) is 5.53. The number of ether oxygens (including phenoxy) is 2. The summed E-state index contributed by atoms with van der Waals surface area (Å²) in [7, 11) is 0. The van der Waals surface area contributed by atoms with E-state index < -0.39 is 17.6 Å². The molecule has 0 radical (unpaired) electrons. The molecule has 0 fully saturated rings. The molecule has 2 N–H and O–H groups in total. The fourth-order valence-electron chi connectivity index (χ4n) is 2.36. The van der Waals surface area contributed by atoms with Crippen molar-refractivity contribution in [3.05, 3.63) is 52.5 Å². The molecule has 1 aliphatic heterocycles. The van der Waals surface area contributed by atoms with E-state index in [1.165, 1.54) is 0 Å². The van der Waals surface area contributed by atoms with Gasteiger partial charge in [-0.3, -0.25) is 4.79 Å². The lowest BCUT2D eigenvalue weighted by Crippen LogP contribution is -2.28. The average Bonchev–Trinajstić information content (AvgIpc) is 3.03. The van der Waals surface area contributed by atoms with Crippen molar-refractivity contribution >= 4 is 23.2 Å². The van der Waals surface area contributed by atoms with E-state index in [0.29, 0.717) is 18.0 Å². The van der Waals surface area contributed by atoms with Crippen LogP contribution in [0.25, 0.3) is 0 Å². The van der Waals surface area contributed by atoms with E-state index in [1.54, 1.807) is 12.1 Å². The summed E-state index contributed by atoms with van der Waals surface area (Å²) in [4.78, 5) is 11.9. The van der Waals surface area contributed by atoms with Crippen LogP contribution in [0, 0.1) is 0 Å². The molecule has 2 aromatic carbocycles. The van der Waals surface area contributed by atoms with E-state index in [1.807, 2.05) is 6.07 Å². The molecule has 9 heteroatoms. The zero-order chi connectivity index (χ0) is 18.7. The molecule has 1 amide bonds. The fraction of sp³-hybridized carbons (Fsp3) is 0.235. The van der Waals surface area contributed by atoms with Crippen LogP contribution in [0.1, 0.15) is 11.1 Å². The molecule has 0 aromatic heterocycles. The second kappa shape index (κ2) is 7.43. The van der Waals surface area contributed by atoms with Gasteiger partial charge in [0.1, 0.15) is 0 Å². The molecule has 26 heavy (non-hydrogen) atoms. The maximum Gasteiger partial charge on any atom is 0.416 e. The number of carbonyl (C=O) groups excluding carboxylic acids is 1. The molecule has 0 aliphatic carbocycles. The van der Waals surface area contributed by atoms with Gasteiger partial charge >= 0.3 is 6.18 Å². The zero-order valence-corrected chi connectivity index (χ0v) is 14.1. The van der Waals surface area contributed by atoms with Crippen LogP contribution in [0.4, 0.5) is 18.9 Å². The van der Waals surface area contributed by atoms with Gasteiger partial charge in [0.15, 0.2) is 11.5 Å². The number of benzene rings is 2. The number of halogens is 4. The molecule has 1 heterocycles. The Hall–Kier alpha value is -2.45. The molecular formula is C17H14ClF3N2O3. The number of rotatable bonds is 5. The Morgan fingerprint density at radius 2 is 1.88 bits per heavy atom. The van der Waals surface area contributed by atoms with Crippen molar-refractivity contribution in [1.82, 2.24) is 5.32 Å². The monoisotopic (exact) mass is 386 g/mol. The predicted molar refractivity (Wildman–Crippen MR) is 89.4 cm³/mol. The fourth-order valence-corrected chi connectivity index (χ4v) is 2.53. The van der Waals surface area contributed by atoms with Crippen LogP contribution in [0.15, 0.2) is 36.4 Å². The van der Waals surface area contributed by atoms with Gasteiger partial charge in [-0.1, -0.05) is 17.7 Å². The van der Waals surface area contributed by atoms with E-state index in [0.717, 1.165) is 23.8 Å². The Kier molecular flexibility index (Phi) is 5.24. The average molecular weight is 387 g/mol. The van der Waals surface area contributed by atoms with Crippen molar-refractivity contribution in [3.63, 3.8) is 0 Å². The minimum atomic E-state index is -4.51. The molecule has 0 spiro atoms. The molecule has 5 nitrogen and oxygen atoms in total. The smallest absolute Gasteiger partial charge is 0.416 e. The molecule has 0 saturated carbocycles. The van der Waals surface area contributed by atoms with Crippen LogP contribution >= 0.6 is 11.6 Å². The number of hydrogen-bond donors (Lipinski definition) is 2. The molecule has 1 aliphatic rings. The normalized spacial score (nSPS) is 12.9. The lowest BCUT2D eigenvalue weighted by atomic mass is 10.2. The highest BCUT2D eigenvalue weighted by Gasteiger charge is 2.31. The van der Waals surface area contributed by atoms with Crippen molar-refractivity contribution in [2.45, 2.75) is 12.7 Å². The van der Waals surface area contributed by atoms with Crippen LogP contribution in [0.5, 0.6) is 11.5 Å². The van der Waals surface area contributed by atoms with E-state index in [9.17, 15) is 18.0 Å². The minimum absolute atomic E-state index is 0.0297. The van der Waals surface area contributed by atoms with Crippen molar-refractivity contribution in [2.24, 2.45) is 0 Å². The summed E-state index contributed by atoms with van der Waals surface area (Å²) >= 11 is 5.85. The SMILES string of the molecule is O=C(CNCc1ccc2c(c1)OCO2)Nc1cc(C(F)(F)F)ccc1Cl. The van der Waals surface area contributed by atoms with E-state index in [2.05, 4.69) is 10.6 Å². The largest absolute Gasteiger partial charge is 0.454 e. The Balaban J connectivity index is 1.54. The third-order valence-corrected chi connectivity index (χ3v) is 3.95. The van der Waals surface area contributed by atoms with Gasteiger partial charge < -0.3 is 20.1 Å². The van der Waals surface area contributed by atoms with Gasteiger partial charge in [-0.05, 0) is 35.9 Å². The topological polar surface area (TPSA) is 59.6 Å². The summed E-state index contributed by atoms with van der Waals surface area (Å²) in [5.74, 6) is 0.780. The van der Waals surface area contributed by atoms with Gasteiger partial charge in [-0.2, -0.15) is 13.2 Å². The van der Waals surface area contributed by atoms with E-state index in [4.69, 9.17) is 21.1 Å². The molecular weight excluding hydrogens is 373 g/mol. The molecule has 2 aromatic rings. The van der Waals surface area contributed by atoms with Crippen LogP contribution in [-0.2, 0) is 17.5 Å². The number of hydrogen-bond acceptors (Lipinski definition) is 4. The molecule has 0 unspecified atom stereocenters. The van der Waals surface area contributed by atoms with Crippen LogP contribution < -0.4 is 20.1 Å². The Labute approximate surface area is 152 Å². The number of carbonyl (C=O) groups is 1. The van der Waals surface area contributed by atoms with Gasteiger partial charge in [0.05, 0.1) is 22.8 Å². The molecule has 138 valence electrons. The highest BCUT2D eigenvalue weighted by atomic mass is 35.5. The van der Waals surface area contributed by atoms with Gasteiger partial charge in [-0.25, -0.2) is 0 Å². The maximum atomic E-state index is 12.7. The molecule has 0 atom stereocenters. The molecule has 0 bridgehead atoms. The second-order valence-corrected chi connectivity index (χ2v) is 5.94. The lowest BCUT2D eigenvalue weighted by molar-refractivity contribution is -0.137. The van der Waals surface area contributed by atoms with Crippen molar-refractivity contribution in [1.29, 1.82) is 0 Å². The summed E-state index contributed by atoms with van der Waals surface area (Å²) in [5, 5.41) is 5.31. The summed E-state index contributed by atoms with van der Waals surface area (Å²) in [6.45, 7) is 0.452. The first-order chi connectivity index (χ1) is 12.3. The number of nitrogens with one attached hydrogen (secondary N) is 2. The Bertz CT molecular complexity index is 827. The van der Waals surface area contributed by atoms with Crippen LogP contribution in [0.2, 0.25) is 5.02 Å². The van der Waals surface area contributed by atoms with Gasteiger partial charge in [0.25, 0.3) is 0 Å². The number of amides is 1. The summed E-state index contributed by atoms with van der Waals surface area (Å²) in [6, 6.07) is 8.13. The van der Waals surface area contributed by atoms with Crippen LogP contribution in [-0.4, -0.2) is 19.2 Å². The minimum Gasteiger partial charge on any atom is -0.454 e. The number of fused-ring (bicyclic) bond motifs is 1. The van der Waals surface area contributed by atoms with Crippen LogP contribution in [0.3, 0.4) is 0 Å². The van der Waals surface area contributed by atoms with Crippen molar-refractivity contribution in [2.75, 3.05) is 18.7 Å². The first kappa shape index (κ1) is 18.3. The Morgan fingerprint density at radius 1 is 1.12 bits per heavy atom. The highest BCUT2D eigenvalue weighted by molar-refractivity contribution is 6.33. The first-order valence-corrected chi connectivity index (χ1v) is 7.96. The highest BCUT2D eigenvalue weighted by Crippen LogP contribution is 2.34. The molecule has 0 saturated heterocycles. The standard InChI is InChI=1S/C17H14ClF3N2O3/c18-12-3-2-11(17(19,20)21)6-13(12)23-16(24)8-22-7-10-1-4-14-15(5-10)26-9-25-14/h1-6,22H,7-9H2,(H,23,24). The van der Waals surface area contributed by atoms with E-state index >= 15 is 0 Å². The first-order valence-electron chi connectivity index (χ1n) is 7.59. The van der Waals surface area contributed by atoms with E-state index in [-0.39, 0.29) is 24.0 Å². The van der Waals surface area contributed by atoms with Gasteiger partial charge in [0.2, 0.25) is 12.7 Å². The third-order valence-electron chi connectivity index (χ3n) is 3.62. The number of anilines is 1. The van der Waals surface area contributed by atoms with Gasteiger partial charge in [-0.15, -0.1) is 0 Å². The lowest BCUT2D eigenvalue weighted by Gasteiger charge is -2.12. The zero-order valence-electron chi connectivity index (χ0n) is 13.3. The number of alkyl halides is 3. The van der Waals surface area contributed by atoms with Crippen molar-refractivity contribution in [3.8, 4) is 11.5 Å². The Morgan fingerprint density at radius 3 is 2.65 bits per heavy atom.